The second-order valence-electron chi connectivity index (χ2n) is 7.04. The van der Waals surface area contributed by atoms with Crippen molar-refractivity contribution in [1.82, 2.24) is 10.2 Å². The average molecular weight is 471 g/mol. The Kier molecular flexibility index (Phi) is 6.91. The quantitative estimate of drug-likeness (QED) is 0.500. The topological polar surface area (TPSA) is 93.7 Å². The summed E-state index contributed by atoms with van der Waals surface area (Å²) in [5.74, 6) is 0.934. The molecule has 1 aliphatic heterocycles. The smallest absolute Gasteiger partial charge is 0.231 e. The van der Waals surface area contributed by atoms with Crippen LogP contribution in [-0.4, -0.2) is 42.8 Å². The van der Waals surface area contributed by atoms with Gasteiger partial charge < -0.3 is 19.7 Å². The standard InChI is InChI=1S/C22H22N4O4S2/c1-29-15-8-9-18(30-2)17(11-15)26-12-14(10-20(26)27)21(28)23-22-25-24-19(32-22)13-31-16-6-4-3-5-7-16/h3-9,11,14H,10,12-13H2,1-2H3,(H,23,25,28)/t14-/m0/s1. The van der Waals surface area contributed by atoms with E-state index in [0.717, 1.165) is 9.90 Å². The summed E-state index contributed by atoms with van der Waals surface area (Å²) in [7, 11) is 3.10. The molecule has 4 rings (SSSR count). The molecule has 1 aliphatic rings. The number of nitrogens with zero attached hydrogens (tertiary/aromatic N) is 3. The Bertz CT molecular complexity index is 1110. The number of rotatable bonds is 8. The highest BCUT2D eigenvalue weighted by Gasteiger charge is 2.36. The molecule has 1 aromatic heterocycles. The maximum Gasteiger partial charge on any atom is 0.231 e. The van der Waals surface area contributed by atoms with Gasteiger partial charge in [0.25, 0.3) is 0 Å². The van der Waals surface area contributed by atoms with E-state index in [0.29, 0.717) is 28.1 Å². The second kappa shape index (κ2) is 10.0. The van der Waals surface area contributed by atoms with Crippen molar-refractivity contribution < 1.29 is 19.1 Å². The second-order valence-corrected chi connectivity index (χ2v) is 9.15. The SMILES string of the molecule is COc1ccc(OC)c(N2C[C@@H](C(=O)Nc3nnc(CSc4ccccc4)s3)CC2=O)c1. The predicted octanol–water partition coefficient (Wildman–Crippen LogP) is 3.84. The predicted molar refractivity (Wildman–Crippen MR) is 125 cm³/mol. The molecule has 8 nitrogen and oxygen atoms in total. The molecule has 2 aromatic carbocycles. The molecule has 0 saturated carbocycles. The van der Waals surface area contributed by atoms with E-state index < -0.39 is 5.92 Å². The molecule has 2 amide bonds. The van der Waals surface area contributed by atoms with Crippen molar-refractivity contribution in [1.29, 1.82) is 0 Å². The van der Waals surface area contributed by atoms with Crippen molar-refractivity contribution in [3.8, 4) is 11.5 Å². The van der Waals surface area contributed by atoms with Crippen LogP contribution in [0.5, 0.6) is 11.5 Å². The van der Waals surface area contributed by atoms with Crippen molar-refractivity contribution in [2.45, 2.75) is 17.1 Å². The van der Waals surface area contributed by atoms with E-state index >= 15 is 0 Å². The summed E-state index contributed by atoms with van der Waals surface area (Å²) in [6.07, 6.45) is 0.113. The fraction of sp³-hybridized carbons (Fsp3) is 0.273. The monoisotopic (exact) mass is 470 g/mol. The molecule has 10 heteroatoms. The van der Waals surface area contributed by atoms with Gasteiger partial charge in [0.05, 0.1) is 31.6 Å². The Balaban J connectivity index is 1.38. The zero-order valence-electron chi connectivity index (χ0n) is 17.6. The van der Waals surface area contributed by atoms with Gasteiger partial charge in [0.1, 0.15) is 16.5 Å². The lowest BCUT2D eigenvalue weighted by atomic mass is 10.1. The van der Waals surface area contributed by atoms with E-state index in [9.17, 15) is 9.59 Å². The number of benzene rings is 2. The number of thioether (sulfide) groups is 1. The minimum atomic E-state index is -0.496. The third-order valence-electron chi connectivity index (χ3n) is 4.98. The molecular formula is C22H22N4O4S2. The highest BCUT2D eigenvalue weighted by Crippen LogP contribution is 2.36. The molecule has 166 valence electrons. The van der Waals surface area contributed by atoms with Crippen molar-refractivity contribution in [2.75, 3.05) is 31.0 Å². The number of hydrogen-bond acceptors (Lipinski definition) is 8. The highest BCUT2D eigenvalue weighted by molar-refractivity contribution is 7.98. The Hall–Kier alpha value is -3.11. The zero-order valence-corrected chi connectivity index (χ0v) is 19.2. The first-order valence-electron chi connectivity index (χ1n) is 9.91. The molecule has 1 saturated heterocycles. The van der Waals surface area contributed by atoms with Gasteiger partial charge in [0.2, 0.25) is 16.9 Å². The number of methoxy groups -OCH3 is 2. The summed E-state index contributed by atoms with van der Waals surface area (Å²) >= 11 is 3.00. The van der Waals surface area contributed by atoms with Crippen molar-refractivity contribution in [3.05, 3.63) is 53.5 Å². The summed E-state index contributed by atoms with van der Waals surface area (Å²) in [6, 6.07) is 15.3. The van der Waals surface area contributed by atoms with Crippen LogP contribution in [0.15, 0.2) is 53.4 Å². The van der Waals surface area contributed by atoms with Crippen LogP contribution in [-0.2, 0) is 15.3 Å². The van der Waals surface area contributed by atoms with Crippen molar-refractivity contribution in [3.63, 3.8) is 0 Å². The van der Waals surface area contributed by atoms with Crippen LogP contribution < -0.4 is 19.7 Å². The molecule has 1 N–H and O–H groups in total. The van der Waals surface area contributed by atoms with E-state index in [2.05, 4.69) is 15.5 Å². The number of amides is 2. The number of carbonyl (C=O) groups is 2. The van der Waals surface area contributed by atoms with E-state index in [-0.39, 0.29) is 24.8 Å². The van der Waals surface area contributed by atoms with Crippen LogP contribution in [0.2, 0.25) is 0 Å². The molecule has 0 aliphatic carbocycles. The third-order valence-corrected chi connectivity index (χ3v) is 7.02. The highest BCUT2D eigenvalue weighted by atomic mass is 32.2. The van der Waals surface area contributed by atoms with Crippen molar-refractivity contribution >= 4 is 45.7 Å². The normalized spacial score (nSPS) is 15.6. The maximum atomic E-state index is 12.8. The summed E-state index contributed by atoms with van der Waals surface area (Å²) < 4.78 is 10.7. The Morgan fingerprint density at radius 1 is 1.19 bits per heavy atom. The third kappa shape index (κ3) is 5.03. The molecule has 1 atom stereocenters. The van der Waals surface area contributed by atoms with Gasteiger partial charge in [-0.15, -0.1) is 22.0 Å². The lowest BCUT2D eigenvalue weighted by molar-refractivity contribution is -0.122. The number of hydrogen-bond donors (Lipinski definition) is 1. The van der Waals surface area contributed by atoms with Gasteiger partial charge in [-0.25, -0.2) is 0 Å². The number of aromatic nitrogens is 2. The average Bonchev–Trinajstić information content (AvgIpc) is 3.44. The number of carbonyl (C=O) groups excluding carboxylic acids is 2. The van der Waals surface area contributed by atoms with Gasteiger partial charge in [-0.1, -0.05) is 29.5 Å². The van der Waals surface area contributed by atoms with Crippen LogP contribution in [0.1, 0.15) is 11.4 Å². The largest absolute Gasteiger partial charge is 0.497 e. The van der Waals surface area contributed by atoms with Crippen LogP contribution in [0.4, 0.5) is 10.8 Å². The molecule has 0 radical (unpaired) electrons. The molecule has 3 aromatic rings. The van der Waals surface area contributed by atoms with Gasteiger partial charge in [0.15, 0.2) is 0 Å². The molecule has 1 fully saturated rings. The fourth-order valence-electron chi connectivity index (χ4n) is 3.36. The van der Waals surface area contributed by atoms with Crippen LogP contribution in [0.3, 0.4) is 0 Å². The van der Waals surface area contributed by atoms with Gasteiger partial charge in [-0.05, 0) is 24.3 Å². The Morgan fingerprint density at radius 3 is 2.75 bits per heavy atom. The fourth-order valence-corrected chi connectivity index (χ4v) is 5.00. The van der Waals surface area contributed by atoms with E-state index in [1.54, 1.807) is 49.1 Å². The first kappa shape index (κ1) is 22.1. The molecule has 0 bridgehead atoms. The van der Waals surface area contributed by atoms with Crippen LogP contribution >= 0.6 is 23.1 Å². The molecule has 0 unspecified atom stereocenters. The van der Waals surface area contributed by atoms with Gasteiger partial charge >= 0.3 is 0 Å². The number of anilines is 2. The first-order valence-corrected chi connectivity index (χ1v) is 11.7. The summed E-state index contributed by atoms with van der Waals surface area (Å²) in [6.45, 7) is 0.254. The summed E-state index contributed by atoms with van der Waals surface area (Å²) in [5, 5.41) is 12.3. The lowest BCUT2D eigenvalue weighted by Crippen LogP contribution is -2.28. The summed E-state index contributed by atoms with van der Waals surface area (Å²) in [4.78, 5) is 28.2. The minimum Gasteiger partial charge on any atom is -0.497 e. The Morgan fingerprint density at radius 2 is 2.00 bits per heavy atom. The van der Waals surface area contributed by atoms with Gasteiger partial charge in [-0.3, -0.25) is 9.59 Å². The van der Waals surface area contributed by atoms with Crippen LogP contribution in [0, 0.1) is 5.92 Å². The zero-order chi connectivity index (χ0) is 22.5. The van der Waals surface area contributed by atoms with E-state index in [1.807, 2.05) is 30.3 Å². The van der Waals surface area contributed by atoms with Crippen molar-refractivity contribution in [2.24, 2.45) is 5.92 Å². The number of ether oxygens (including phenoxy) is 2. The first-order chi connectivity index (χ1) is 15.6. The molecule has 2 heterocycles. The van der Waals surface area contributed by atoms with Crippen LogP contribution in [0.25, 0.3) is 0 Å². The Labute approximate surface area is 193 Å². The van der Waals surface area contributed by atoms with E-state index in [1.165, 1.54) is 11.3 Å². The lowest BCUT2D eigenvalue weighted by Gasteiger charge is -2.20. The molecule has 32 heavy (non-hydrogen) atoms. The minimum absolute atomic E-state index is 0.113. The maximum absolute atomic E-state index is 12.8. The molecular weight excluding hydrogens is 448 g/mol. The van der Waals surface area contributed by atoms with Gasteiger partial charge in [0, 0.05) is 23.9 Å². The summed E-state index contributed by atoms with van der Waals surface area (Å²) in [5.41, 5.74) is 0.586. The van der Waals surface area contributed by atoms with E-state index in [4.69, 9.17) is 9.47 Å². The molecule has 0 spiro atoms. The van der Waals surface area contributed by atoms with Gasteiger partial charge in [-0.2, -0.15) is 0 Å². The number of nitrogens with one attached hydrogen (secondary N) is 1.